The van der Waals surface area contributed by atoms with Gasteiger partial charge in [0.25, 0.3) is 5.91 Å². The molecule has 2 aromatic rings. The summed E-state index contributed by atoms with van der Waals surface area (Å²) in [5, 5.41) is 2.57. The molecule has 150 valence electrons. The summed E-state index contributed by atoms with van der Waals surface area (Å²) < 4.78 is 47.2. The molecule has 3 rings (SSSR count). The molecule has 6 nitrogen and oxygen atoms in total. The van der Waals surface area contributed by atoms with Gasteiger partial charge in [-0.15, -0.1) is 0 Å². The zero-order valence-corrected chi connectivity index (χ0v) is 16.4. The van der Waals surface area contributed by atoms with Crippen molar-refractivity contribution in [1.82, 2.24) is 4.72 Å². The first-order valence-corrected chi connectivity index (χ1v) is 10.7. The summed E-state index contributed by atoms with van der Waals surface area (Å²) in [5.41, 5.74) is 0.119. The molecule has 2 aromatic carbocycles. The standard InChI is InChI=1S/C20H23FN2O4S/c1-2-27-16-9-7-14(8-10-16)22-20(24)18-13-17(11-12-19(18)21)28(25,26)23-15-5-3-4-6-15/h7-13,15,23H,2-6H2,1H3,(H,22,24). The summed E-state index contributed by atoms with van der Waals surface area (Å²) in [4.78, 5) is 12.3. The van der Waals surface area contributed by atoms with E-state index in [1.807, 2.05) is 6.92 Å². The minimum atomic E-state index is -3.81. The van der Waals surface area contributed by atoms with E-state index >= 15 is 0 Å². The van der Waals surface area contributed by atoms with E-state index in [0.717, 1.165) is 37.8 Å². The summed E-state index contributed by atoms with van der Waals surface area (Å²) in [6.45, 7) is 2.38. The van der Waals surface area contributed by atoms with Gasteiger partial charge in [-0.25, -0.2) is 17.5 Å². The fraction of sp³-hybridized carbons (Fsp3) is 0.350. The van der Waals surface area contributed by atoms with Gasteiger partial charge in [-0.3, -0.25) is 4.79 Å². The number of halogens is 1. The lowest BCUT2D eigenvalue weighted by molar-refractivity contribution is 0.102. The number of nitrogens with one attached hydrogen (secondary N) is 2. The number of hydrogen-bond donors (Lipinski definition) is 2. The third-order valence-electron chi connectivity index (χ3n) is 4.59. The van der Waals surface area contributed by atoms with E-state index in [1.165, 1.54) is 6.07 Å². The highest BCUT2D eigenvalue weighted by Crippen LogP contribution is 2.22. The van der Waals surface area contributed by atoms with Crippen molar-refractivity contribution < 1.29 is 22.3 Å². The number of carbonyl (C=O) groups is 1. The molecule has 0 atom stereocenters. The second kappa shape index (κ2) is 8.70. The van der Waals surface area contributed by atoms with Crippen molar-refractivity contribution >= 4 is 21.6 Å². The zero-order chi connectivity index (χ0) is 20.1. The predicted molar refractivity (Wildman–Crippen MR) is 105 cm³/mol. The van der Waals surface area contributed by atoms with Gasteiger partial charge >= 0.3 is 0 Å². The van der Waals surface area contributed by atoms with Crippen LogP contribution in [0.3, 0.4) is 0 Å². The maximum atomic E-state index is 14.2. The molecule has 1 amide bonds. The second-order valence-electron chi connectivity index (χ2n) is 6.66. The molecular weight excluding hydrogens is 383 g/mol. The van der Waals surface area contributed by atoms with Gasteiger partial charge in [0.15, 0.2) is 0 Å². The molecule has 0 aliphatic heterocycles. The molecule has 2 N–H and O–H groups in total. The summed E-state index contributed by atoms with van der Waals surface area (Å²) in [7, 11) is -3.81. The minimum absolute atomic E-state index is 0.115. The monoisotopic (exact) mass is 406 g/mol. The maximum absolute atomic E-state index is 14.2. The molecule has 0 unspecified atom stereocenters. The molecular formula is C20H23FN2O4S. The molecule has 1 aliphatic carbocycles. The van der Waals surface area contributed by atoms with Gasteiger partial charge in [0.05, 0.1) is 17.1 Å². The van der Waals surface area contributed by atoms with Crippen LogP contribution in [-0.4, -0.2) is 27.0 Å². The molecule has 0 aromatic heterocycles. The second-order valence-corrected chi connectivity index (χ2v) is 8.37. The third-order valence-corrected chi connectivity index (χ3v) is 6.11. The molecule has 1 aliphatic rings. The Bertz CT molecular complexity index is 939. The van der Waals surface area contributed by atoms with Gasteiger partial charge < -0.3 is 10.1 Å². The van der Waals surface area contributed by atoms with Crippen molar-refractivity contribution in [2.24, 2.45) is 0 Å². The third kappa shape index (κ3) is 4.88. The first kappa shape index (κ1) is 20.3. The van der Waals surface area contributed by atoms with E-state index in [4.69, 9.17) is 4.74 Å². The van der Waals surface area contributed by atoms with Gasteiger partial charge in [0.2, 0.25) is 10.0 Å². The number of rotatable bonds is 7. The molecule has 0 spiro atoms. The lowest BCUT2D eigenvalue weighted by Crippen LogP contribution is -2.32. The average Bonchev–Trinajstić information content (AvgIpc) is 3.16. The summed E-state index contributed by atoms with van der Waals surface area (Å²) >= 11 is 0. The Morgan fingerprint density at radius 1 is 1.14 bits per heavy atom. The van der Waals surface area contributed by atoms with Crippen molar-refractivity contribution in [3.63, 3.8) is 0 Å². The largest absolute Gasteiger partial charge is 0.494 e. The van der Waals surface area contributed by atoms with Crippen LogP contribution in [0.1, 0.15) is 43.0 Å². The summed E-state index contributed by atoms with van der Waals surface area (Å²) in [6, 6.07) is 9.74. The van der Waals surface area contributed by atoms with Crippen LogP contribution < -0.4 is 14.8 Å². The SMILES string of the molecule is CCOc1ccc(NC(=O)c2cc(S(=O)(=O)NC3CCCC3)ccc2F)cc1. The Kier molecular flexibility index (Phi) is 6.31. The Morgan fingerprint density at radius 3 is 2.46 bits per heavy atom. The molecule has 0 bridgehead atoms. The number of sulfonamides is 1. The van der Waals surface area contributed by atoms with Crippen molar-refractivity contribution in [3.05, 3.63) is 53.8 Å². The maximum Gasteiger partial charge on any atom is 0.258 e. The molecule has 8 heteroatoms. The minimum Gasteiger partial charge on any atom is -0.494 e. The smallest absolute Gasteiger partial charge is 0.258 e. The van der Waals surface area contributed by atoms with E-state index in [9.17, 15) is 17.6 Å². The molecule has 0 saturated heterocycles. The Morgan fingerprint density at radius 2 is 1.82 bits per heavy atom. The van der Waals surface area contributed by atoms with Crippen molar-refractivity contribution in [1.29, 1.82) is 0 Å². The van der Waals surface area contributed by atoms with Gasteiger partial charge in [-0.1, -0.05) is 12.8 Å². The number of anilines is 1. The van der Waals surface area contributed by atoms with Crippen molar-refractivity contribution in [2.45, 2.75) is 43.5 Å². The van der Waals surface area contributed by atoms with Crippen LogP contribution in [0.5, 0.6) is 5.75 Å². The zero-order valence-electron chi connectivity index (χ0n) is 15.6. The highest BCUT2D eigenvalue weighted by atomic mass is 32.2. The Labute approximate surface area is 164 Å². The van der Waals surface area contributed by atoms with Crippen LogP contribution in [0.15, 0.2) is 47.4 Å². The number of ether oxygens (including phenoxy) is 1. The fourth-order valence-electron chi connectivity index (χ4n) is 3.18. The predicted octanol–water partition coefficient (Wildman–Crippen LogP) is 3.70. The Hall–Kier alpha value is -2.45. The van der Waals surface area contributed by atoms with Crippen LogP contribution in [0.25, 0.3) is 0 Å². The number of carbonyl (C=O) groups excluding carboxylic acids is 1. The van der Waals surface area contributed by atoms with E-state index in [2.05, 4.69) is 10.0 Å². The average molecular weight is 406 g/mol. The van der Waals surface area contributed by atoms with E-state index < -0.39 is 21.7 Å². The van der Waals surface area contributed by atoms with Crippen molar-refractivity contribution in [2.75, 3.05) is 11.9 Å². The van der Waals surface area contributed by atoms with Gasteiger partial charge in [-0.2, -0.15) is 0 Å². The van der Waals surface area contributed by atoms with E-state index in [-0.39, 0.29) is 16.5 Å². The van der Waals surface area contributed by atoms with Crippen LogP contribution in [0, 0.1) is 5.82 Å². The van der Waals surface area contributed by atoms with Crippen LogP contribution >= 0.6 is 0 Å². The normalized spacial score (nSPS) is 14.8. The number of amides is 1. The van der Waals surface area contributed by atoms with Gasteiger partial charge in [0, 0.05) is 11.7 Å². The van der Waals surface area contributed by atoms with Gasteiger partial charge in [-0.05, 0) is 62.2 Å². The lowest BCUT2D eigenvalue weighted by Gasteiger charge is -2.14. The van der Waals surface area contributed by atoms with Crippen LogP contribution in [0.2, 0.25) is 0 Å². The molecule has 0 radical (unpaired) electrons. The summed E-state index contributed by atoms with van der Waals surface area (Å²) in [6.07, 6.45) is 3.52. The number of hydrogen-bond acceptors (Lipinski definition) is 4. The quantitative estimate of drug-likeness (QED) is 0.734. The van der Waals surface area contributed by atoms with Gasteiger partial charge in [0.1, 0.15) is 11.6 Å². The summed E-state index contributed by atoms with van der Waals surface area (Å²) in [5.74, 6) is -0.861. The van der Waals surface area contributed by atoms with E-state index in [1.54, 1.807) is 24.3 Å². The Balaban J connectivity index is 1.77. The highest BCUT2D eigenvalue weighted by molar-refractivity contribution is 7.89. The number of benzene rings is 2. The topological polar surface area (TPSA) is 84.5 Å². The van der Waals surface area contributed by atoms with Crippen LogP contribution in [-0.2, 0) is 10.0 Å². The highest BCUT2D eigenvalue weighted by Gasteiger charge is 2.24. The first-order chi connectivity index (χ1) is 13.4. The molecule has 28 heavy (non-hydrogen) atoms. The lowest BCUT2D eigenvalue weighted by atomic mass is 10.2. The molecule has 0 heterocycles. The molecule has 1 fully saturated rings. The molecule has 1 saturated carbocycles. The first-order valence-electron chi connectivity index (χ1n) is 9.25. The van der Waals surface area contributed by atoms with Crippen LogP contribution in [0.4, 0.5) is 10.1 Å². The van der Waals surface area contributed by atoms with E-state index in [0.29, 0.717) is 18.0 Å². The van der Waals surface area contributed by atoms with Crippen molar-refractivity contribution in [3.8, 4) is 5.75 Å². The fourth-order valence-corrected chi connectivity index (χ4v) is 4.51.